The van der Waals surface area contributed by atoms with Gasteiger partial charge in [-0.2, -0.15) is 0 Å². The standard InChI is InChI=1S/C10H9NO2.ClH/c12-10(13)8-4-5-9-3-1-2-6-11(9)7-8;/h1-5,7H,6H2,(H,12,13);1H. The lowest BCUT2D eigenvalue weighted by molar-refractivity contribution is -0.132. The molecular formula is C10H10ClNO2. The number of nitrogens with zero attached hydrogens (tertiary/aromatic N) is 1. The van der Waals surface area contributed by atoms with E-state index >= 15 is 0 Å². The van der Waals surface area contributed by atoms with Crippen LogP contribution in [0.15, 0.2) is 47.9 Å². The van der Waals surface area contributed by atoms with E-state index in [1.165, 1.54) is 0 Å². The highest BCUT2D eigenvalue weighted by molar-refractivity contribution is 5.90. The van der Waals surface area contributed by atoms with Crippen LogP contribution in [0.2, 0.25) is 0 Å². The van der Waals surface area contributed by atoms with E-state index in [-0.39, 0.29) is 12.4 Å². The van der Waals surface area contributed by atoms with Crippen molar-refractivity contribution in [1.82, 2.24) is 4.90 Å². The van der Waals surface area contributed by atoms with Gasteiger partial charge in [-0.05, 0) is 18.2 Å². The van der Waals surface area contributed by atoms with E-state index < -0.39 is 5.97 Å². The third kappa shape index (κ3) is 1.88. The fourth-order valence-electron chi connectivity index (χ4n) is 1.33. The smallest absolute Gasteiger partial charge is 0.337 e. The van der Waals surface area contributed by atoms with Crippen LogP contribution in [0.5, 0.6) is 0 Å². The number of hydrogen-bond donors (Lipinski definition) is 1. The number of rotatable bonds is 1. The Balaban J connectivity index is 0.000000980. The molecule has 0 radical (unpaired) electrons. The molecular weight excluding hydrogens is 202 g/mol. The van der Waals surface area contributed by atoms with Crippen molar-refractivity contribution >= 4 is 18.4 Å². The van der Waals surface area contributed by atoms with E-state index in [1.54, 1.807) is 12.3 Å². The molecule has 0 bridgehead atoms. The van der Waals surface area contributed by atoms with E-state index in [9.17, 15) is 4.79 Å². The second-order valence-corrected chi connectivity index (χ2v) is 2.89. The maximum atomic E-state index is 10.6. The van der Waals surface area contributed by atoms with Gasteiger partial charge in [-0.25, -0.2) is 4.79 Å². The minimum Gasteiger partial charge on any atom is -0.478 e. The lowest BCUT2D eigenvalue weighted by Gasteiger charge is -2.25. The Kier molecular flexibility index (Phi) is 3.14. The predicted molar refractivity (Wildman–Crippen MR) is 56.0 cm³/mol. The molecule has 0 aromatic carbocycles. The fourth-order valence-corrected chi connectivity index (χ4v) is 1.33. The molecule has 0 spiro atoms. The number of hydrogen-bond acceptors (Lipinski definition) is 2. The zero-order valence-corrected chi connectivity index (χ0v) is 8.20. The van der Waals surface area contributed by atoms with Crippen LogP contribution in [0.1, 0.15) is 0 Å². The fraction of sp³-hybridized carbons (Fsp3) is 0.100. The molecule has 3 nitrogen and oxygen atoms in total. The molecule has 0 aromatic rings. The quantitative estimate of drug-likeness (QED) is 0.718. The summed E-state index contributed by atoms with van der Waals surface area (Å²) in [6.45, 7) is 0.743. The summed E-state index contributed by atoms with van der Waals surface area (Å²) in [6.07, 6.45) is 11.0. The van der Waals surface area contributed by atoms with Gasteiger partial charge in [-0.1, -0.05) is 12.2 Å². The molecule has 0 amide bonds. The average Bonchev–Trinajstić information content (AvgIpc) is 2.17. The molecule has 0 saturated carbocycles. The monoisotopic (exact) mass is 211 g/mol. The van der Waals surface area contributed by atoms with Crippen molar-refractivity contribution in [2.24, 2.45) is 0 Å². The maximum absolute atomic E-state index is 10.6. The summed E-state index contributed by atoms with van der Waals surface area (Å²) in [5.74, 6) is -0.884. The highest BCUT2D eigenvalue weighted by Gasteiger charge is 2.14. The topological polar surface area (TPSA) is 40.5 Å². The van der Waals surface area contributed by atoms with Crippen LogP contribution in [0.4, 0.5) is 0 Å². The zero-order valence-electron chi connectivity index (χ0n) is 7.38. The Morgan fingerprint density at radius 3 is 2.93 bits per heavy atom. The number of halogens is 1. The number of fused-ring (bicyclic) bond motifs is 1. The average molecular weight is 212 g/mol. The number of carboxylic acids is 1. The van der Waals surface area contributed by atoms with Crippen LogP contribution in [-0.2, 0) is 4.79 Å². The van der Waals surface area contributed by atoms with Gasteiger partial charge in [0.1, 0.15) is 0 Å². The molecule has 0 saturated heterocycles. The van der Waals surface area contributed by atoms with Crippen molar-refractivity contribution in [3.8, 4) is 0 Å². The van der Waals surface area contributed by atoms with Crippen molar-refractivity contribution in [3.05, 3.63) is 47.9 Å². The highest BCUT2D eigenvalue weighted by Crippen LogP contribution is 2.19. The molecule has 2 rings (SSSR count). The molecule has 2 heterocycles. The van der Waals surface area contributed by atoms with E-state index in [4.69, 9.17) is 5.11 Å². The minimum atomic E-state index is -0.884. The molecule has 0 unspecified atom stereocenters. The zero-order chi connectivity index (χ0) is 9.26. The Bertz CT molecular complexity index is 366. The number of carboxylic acid groups (broad SMARTS) is 1. The van der Waals surface area contributed by atoms with E-state index in [0.29, 0.717) is 5.57 Å². The van der Waals surface area contributed by atoms with Crippen LogP contribution in [0.3, 0.4) is 0 Å². The predicted octanol–water partition coefficient (Wildman–Crippen LogP) is 1.70. The third-order valence-electron chi connectivity index (χ3n) is 2.01. The van der Waals surface area contributed by atoms with Gasteiger partial charge in [-0.15, -0.1) is 12.4 Å². The van der Waals surface area contributed by atoms with Gasteiger partial charge in [0.25, 0.3) is 0 Å². The lowest BCUT2D eigenvalue weighted by atomic mass is 10.1. The summed E-state index contributed by atoms with van der Waals surface area (Å²) in [7, 11) is 0. The van der Waals surface area contributed by atoms with Crippen LogP contribution < -0.4 is 0 Å². The first kappa shape index (κ1) is 10.6. The normalized spacial score (nSPS) is 17.9. The van der Waals surface area contributed by atoms with Gasteiger partial charge in [0.2, 0.25) is 0 Å². The largest absolute Gasteiger partial charge is 0.478 e. The summed E-state index contributed by atoms with van der Waals surface area (Å²) < 4.78 is 0. The van der Waals surface area contributed by atoms with Gasteiger partial charge in [0, 0.05) is 18.4 Å². The molecule has 0 aromatic heterocycles. The number of allylic oxidation sites excluding steroid dienone is 3. The number of carbonyl (C=O) groups is 1. The maximum Gasteiger partial charge on any atom is 0.337 e. The van der Waals surface area contributed by atoms with Crippen LogP contribution in [0, 0.1) is 0 Å². The first-order chi connectivity index (χ1) is 6.27. The lowest BCUT2D eigenvalue weighted by Crippen LogP contribution is -2.21. The molecule has 2 aliphatic rings. The van der Waals surface area contributed by atoms with E-state index in [0.717, 1.165) is 12.2 Å². The first-order valence-electron chi connectivity index (χ1n) is 4.04. The molecule has 4 heteroatoms. The molecule has 0 aliphatic carbocycles. The van der Waals surface area contributed by atoms with Crippen molar-refractivity contribution in [2.75, 3.05) is 6.54 Å². The molecule has 2 aliphatic heterocycles. The number of aliphatic carboxylic acids is 1. The summed E-state index contributed by atoms with van der Waals surface area (Å²) >= 11 is 0. The first-order valence-corrected chi connectivity index (χ1v) is 4.04. The Morgan fingerprint density at radius 1 is 1.43 bits per heavy atom. The van der Waals surface area contributed by atoms with E-state index in [2.05, 4.69) is 0 Å². The van der Waals surface area contributed by atoms with E-state index in [1.807, 2.05) is 29.2 Å². The summed E-state index contributed by atoms with van der Waals surface area (Å²) in [6, 6.07) is 0. The molecule has 1 N–H and O–H groups in total. The van der Waals surface area contributed by atoms with Crippen molar-refractivity contribution in [1.29, 1.82) is 0 Å². The molecule has 0 atom stereocenters. The minimum absolute atomic E-state index is 0. The molecule has 0 fully saturated rings. The van der Waals surface area contributed by atoms with Crippen molar-refractivity contribution in [3.63, 3.8) is 0 Å². The van der Waals surface area contributed by atoms with Gasteiger partial charge in [0.05, 0.1) is 5.57 Å². The second-order valence-electron chi connectivity index (χ2n) is 2.89. The highest BCUT2D eigenvalue weighted by atomic mass is 35.5. The Labute approximate surface area is 88.1 Å². The SMILES string of the molecule is Cl.O=C(O)C1=CN2CC=CC=C2C=C1. The Morgan fingerprint density at radius 2 is 2.21 bits per heavy atom. The van der Waals surface area contributed by atoms with Gasteiger partial charge >= 0.3 is 5.97 Å². The van der Waals surface area contributed by atoms with Crippen molar-refractivity contribution < 1.29 is 9.90 Å². The van der Waals surface area contributed by atoms with Gasteiger partial charge in [-0.3, -0.25) is 0 Å². The summed E-state index contributed by atoms with van der Waals surface area (Å²) in [5, 5.41) is 8.74. The van der Waals surface area contributed by atoms with Crippen LogP contribution in [0.25, 0.3) is 0 Å². The van der Waals surface area contributed by atoms with Gasteiger partial charge < -0.3 is 10.0 Å². The van der Waals surface area contributed by atoms with Crippen LogP contribution in [-0.4, -0.2) is 22.5 Å². The Hall–Kier alpha value is -1.48. The summed E-state index contributed by atoms with van der Waals surface area (Å²) in [4.78, 5) is 12.6. The van der Waals surface area contributed by atoms with Crippen LogP contribution >= 0.6 is 12.4 Å². The van der Waals surface area contributed by atoms with Crippen molar-refractivity contribution in [2.45, 2.75) is 0 Å². The molecule has 74 valence electrons. The van der Waals surface area contributed by atoms with Gasteiger partial charge in [0.15, 0.2) is 0 Å². The second kappa shape index (κ2) is 4.15. The molecule has 14 heavy (non-hydrogen) atoms. The summed E-state index contributed by atoms with van der Waals surface area (Å²) in [5.41, 5.74) is 1.36. The third-order valence-corrected chi connectivity index (χ3v) is 2.01.